The van der Waals surface area contributed by atoms with Crippen LogP contribution in [-0.2, 0) is 51.2 Å². The van der Waals surface area contributed by atoms with Crippen LogP contribution in [0.5, 0.6) is 0 Å². The van der Waals surface area contributed by atoms with E-state index in [1.54, 1.807) is 46.4 Å². The normalized spacial score (nSPS) is 17.2. The summed E-state index contributed by atoms with van der Waals surface area (Å²) in [6.07, 6.45) is 2.83. The molecular formula is C51H74N6O10. The summed E-state index contributed by atoms with van der Waals surface area (Å²) >= 11 is 0. The second-order valence-corrected chi connectivity index (χ2v) is 21.1. The summed E-state index contributed by atoms with van der Waals surface area (Å²) in [7, 11) is 0. The van der Waals surface area contributed by atoms with Crippen LogP contribution in [0.4, 0.5) is 0 Å². The lowest BCUT2D eigenvalue weighted by Gasteiger charge is -2.36. The minimum atomic E-state index is -1.80. The lowest BCUT2D eigenvalue weighted by molar-refractivity contribution is -0.155. The van der Waals surface area contributed by atoms with Crippen molar-refractivity contribution in [3.8, 4) is 0 Å². The van der Waals surface area contributed by atoms with Gasteiger partial charge in [-0.2, -0.15) is 0 Å². The standard InChI is InChI=1S/C51H74N6O10/c1-32(2)40(52-31-38(58)35(27-33-19-11-9-12-20-33)28-34-21-13-10-14-22-34)44(61)55-41(50(6,7)8)45(62)53-36(29-39(59)57-25-17-18-26-57)43(60)56-42(51(48(66)67)23-15-16-24-51)46(63)54-37(47(64)65)30-49(3,4)5/h9-14,19-22,32,35-37,40-42,52H,15-18,23-31H2,1-8H3,(H,53,62)(H,54,63)(H,55,61)(H,56,60)(H,64,65)(H,66,67). The maximum Gasteiger partial charge on any atom is 0.326 e. The van der Waals surface area contributed by atoms with Crippen molar-refractivity contribution in [2.45, 2.75) is 150 Å². The first-order chi connectivity index (χ1) is 31.4. The van der Waals surface area contributed by atoms with Gasteiger partial charge in [0.25, 0.3) is 0 Å². The summed E-state index contributed by atoms with van der Waals surface area (Å²) in [6, 6.07) is 12.4. The zero-order chi connectivity index (χ0) is 49.7. The van der Waals surface area contributed by atoms with Crippen molar-refractivity contribution >= 4 is 47.3 Å². The molecule has 7 N–H and O–H groups in total. The molecule has 0 aromatic heterocycles. The largest absolute Gasteiger partial charge is 0.481 e. The van der Waals surface area contributed by atoms with Gasteiger partial charge in [-0.05, 0) is 72.8 Å². The van der Waals surface area contributed by atoms with Crippen molar-refractivity contribution in [2.24, 2.45) is 28.1 Å². The van der Waals surface area contributed by atoms with Gasteiger partial charge in [-0.25, -0.2) is 4.79 Å². The number of carbonyl (C=O) groups is 8. The van der Waals surface area contributed by atoms with Crippen LogP contribution in [0.2, 0.25) is 0 Å². The molecule has 4 rings (SSSR count). The van der Waals surface area contributed by atoms with E-state index in [-0.39, 0.29) is 43.4 Å². The quantitative estimate of drug-likeness (QED) is 0.0823. The number of nitrogens with one attached hydrogen (secondary N) is 5. The van der Waals surface area contributed by atoms with Gasteiger partial charge < -0.3 is 36.4 Å². The molecule has 16 heteroatoms. The first-order valence-electron chi connectivity index (χ1n) is 23.7. The fourth-order valence-electron chi connectivity index (χ4n) is 9.12. The highest BCUT2D eigenvalue weighted by Gasteiger charge is 2.53. The molecule has 0 radical (unpaired) electrons. The number of carboxylic acids is 2. The van der Waals surface area contributed by atoms with Crippen molar-refractivity contribution in [3.63, 3.8) is 0 Å². The van der Waals surface area contributed by atoms with Crippen LogP contribution >= 0.6 is 0 Å². The Labute approximate surface area is 395 Å². The topological polar surface area (TPSA) is 240 Å². The summed E-state index contributed by atoms with van der Waals surface area (Å²) in [5.74, 6) is -7.36. The highest BCUT2D eigenvalue weighted by atomic mass is 16.4. The maximum atomic E-state index is 14.5. The third kappa shape index (κ3) is 15.7. The Hall–Kier alpha value is -5.64. The monoisotopic (exact) mass is 931 g/mol. The van der Waals surface area contributed by atoms with Crippen LogP contribution in [0.3, 0.4) is 0 Å². The summed E-state index contributed by atoms with van der Waals surface area (Å²) in [4.78, 5) is 112. The number of nitrogens with zero attached hydrogens (tertiary/aromatic N) is 1. The van der Waals surface area contributed by atoms with Crippen LogP contribution in [0.1, 0.15) is 118 Å². The Morgan fingerprint density at radius 3 is 1.64 bits per heavy atom. The molecule has 67 heavy (non-hydrogen) atoms. The maximum absolute atomic E-state index is 14.5. The molecule has 0 spiro atoms. The predicted molar refractivity (Wildman–Crippen MR) is 253 cm³/mol. The van der Waals surface area contributed by atoms with E-state index >= 15 is 0 Å². The number of ketones is 1. The Morgan fingerprint density at radius 1 is 0.657 bits per heavy atom. The van der Waals surface area contributed by atoms with E-state index in [0.29, 0.717) is 38.8 Å². The van der Waals surface area contributed by atoms with Gasteiger partial charge in [0.2, 0.25) is 29.5 Å². The molecule has 1 aliphatic heterocycles. The molecule has 16 nitrogen and oxygen atoms in total. The lowest BCUT2D eigenvalue weighted by atomic mass is 9.77. The van der Waals surface area contributed by atoms with Gasteiger partial charge in [-0.1, -0.05) is 129 Å². The molecule has 5 atom stereocenters. The fraction of sp³-hybridized carbons (Fsp3) is 0.608. The van der Waals surface area contributed by atoms with Crippen molar-refractivity contribution in [1.29, 1.82) is 0 Å². The first-order valence-corrected chi connectivity index (χ1v) is 23.7. The number of carbonyl (C=O) groups excluding carboxylic acids is 6. The molecule has 1 saturated carbocycles. The third-order valence-corrected chi connectivity index (χ3v) is 12.9. The van der Waals surface area contributed by atoms with E-state index in [9.17, 15) is 48.6 Å². The number of rotatable bonds is 23. The molecule has 368 valence electrons. The Balaban J connectivity index is 1.59. The molecule has 1 heterocycles. The molecule has 2 aliphatic rings. The number of hydrogen-bond donors (Lipinski definition) is 7. The van der Waals surface area contributed by atoms with Gasteiger partial charge in [0.05, 0.1) is 24.4 Å². The molecule has 2 aromatic rings. The van der Waals surface area contributed by atoms with Crippen LogP contribution < -0.4 is 26.6 Å². The van der Waals surface area contributed by atoms with Crippen LogP contribution in [0, 0.1) is 28.1 Å². The summed E-state index contributed by atoms with van der Waals surface area (Å²) in [5, 5.41) is 34.4. The third-order valence-electron chi connectivity index (χ3n) is 12.9. The van der Waals surface area contributed by atoms with Crippen molar-refractivity contribution in [1.82, 2.24) is 31.5 Å². The lowest BCUT2D eigenvalue weighted by Crippen LogP contribution is -2.64. The van der Waals surface area contributed by atoms with E-state index in [2.05, 4.69) is 26.6 Å². The number of hydrogen-bond acceptors (Lipinski definition) is 9. The zero-order valence-corrected chi connectivity index (χ0v) is 40.6. The highest BCUT2D eigenvalue weighted by molar-refractivity contribution is 5.99. The average molecular weight is 931 g/mol. The van der Waals surface area contributed by atoms with Crippen LogP contribution in [-0.4, -0.2) is 112 Å². The smallest absolute Gasteiger partial charge is 0.326 e. The van der Waals surface area contributed by atoms with E-state index in [1.165, 1.54) is 0 Å². The predicted octanol–water partition coefficient (Wildman–Crippen LogP) is 4.43. The molecule has 2 aromatic carbocycles. The highest BCUT2D eigenvalue weighted by Crippen LogP contribution is 2.42. The van der Waals surface area contributed by atoms with E-state index in [0.717, 1.165) is 24.0 Å². The van der Waals surface area contributed by atoms with Crippen molar-refractivity contribution in [3.05, 3.63) is 71.8 Å². The second-order valence-electron chi connectivity index (χ2n) is 21.1. The molecular weight excluding hydrogens is 857 g/mol. The van der Waals surface area contributed by atoms with Gasteiger partial charge in [0, 0.05) is 19.0 Å². The molecule has 2 fully saturated rings. The first kappa shape index (κ1) is 54.0. The Kier molecular flexibility index (Phi) is 19.2. The number of benzene rings is 2. The van der Waals surface area contributed by atoms with Crippen molar-refractivity contribution < 1.29 is 48.6 Å². The van der Waals surface area contributed by atoms with Gasteiger partial charge in [-0.15, -0.1) is 0 Å². The summed E-state index contributed by atoms with van der Waals surface area (Å²) in [6.45, 7) is 14.9. The molecule has 5 unspecified atom stereocenters. The van der Waals surface area contributed by atoms with Crippen LogP contribution in [0.25, 0.3) is 0 Å². The average Bonchev–Trinajstić information content (AvgIpc) is 3.98. The van der Waals surface area contributed by atoms with Gasteiger partial charge in [-0.3, -0.25) is 38.9 Å². The zero-order valence-electron chi connectivity index (χ0n) is 40.6. The van der Waals surface area contributed by atoms with Crippen LogP contribution in [0.15, 0.2) is 60.7 Å². The van der Waals surface area contributed by atoms with E-state index < -0.39 is 94.3 Å². The fourth-order valence-corrected chi connectivity index (χ4v) is 9.12. The number of aliphatic carboxylic acids is 2. The number of likely N-dealkylation sites (tertiary alicyclic amines) is 1. The Bertz CT molecular complexity index is 1990. The SMILES string of the molecule is CC(C)C(NCC(=O)C(Cc1ccccc1)Cc1ccccc1)C(=O)NC(C(=O)NC(CC(=O)N1CCCC1)C(=O)NC(C(=O)NC(CC(C)(C)C)C(=O)O)C1(C(=O)O)CCCC1)C(C)(C)C. The van der Waals surface area contributed by atoms with Gasteiger partial charge >= 0.3 is 11.9 Å². The molecule has 0 bridgehead atoms. The summed E-state index contributed by atoms with van der Waals surface area (Å²) in [5.41, 5.74) is -1.31. The minimum absolute atomic E-state index is 0.00424. The Morgan fingerprint density at radius 2 is 1.18 bits per heavy atom. The van der Waals surface area contributed by atoms with Gasteiger partial charge in [0.15, 0.2) is 0 Å². The minimum Gasteiger partial charge on any atom is -0.481 e. The molecule has 1 saturated heterocycles. The number of Topliss-reactive ketones (excluding diaryl/α,β-unsaturated/α-hetero) is 1. The molecule has 1 aliphatic carbocycles. The number of carboxylic acid groups (broad SMARTS) is 2. The second kappa shape index (κ2) is 23.9. The molecule has 5 amide bonds. The van der Waals surface area contributed by atoms with E-state index in [1.807, 2.05) is 74.5 Å². The van der Waals surface area contributed by atoms with Crippen molar-refractivity contribution in [2.75, 3.05) is 19.6 Å². The number of amides is 5. The summed E-state index contributed by atoms with van der Waals surface area (Å²) < 4.78 is 0. The van der Waals surface area contributed by atoms with E-state index in [4.69, 9.17) is 0 Å². The van der Waals surface area contributed by atoms with Gasteiger partial charge in [0.1, 0.15) is 30.0 Å².